The summed E-state index contributed by atoms with van der Waals surface area (Å²) in [4.78, 5) is 0. The zero-order valence-corrected chi connectivity index (χ0v) is 68.9. The monoisotopic (exact) mass is 1620 g/mol. The van der Waals surface area contributed by atoms with E-state index in [0.717, 1.165) is 193 Å². The number of hydrogen-bond acceptors (Lipinski definition) is 10. The average Bonchev–Trinajstić information content (AvgIpc) is 1.53. The summed E-state index contributed by atoms with van der Waals surface area (Å²) in [6.07, 6.45) is 31.5. The van der Waals surface area contributed by atoms with Crippen LogP contribution in [-0.4, -0.2) is 71.8 Å². The Morgan fingerprint density at radius 1 is 0.449 bits per heavy atom. The van der Waals surface area contributed by atoms with Crippen LogP contribution in [0.15, 0.2) is 242 Å². The third-order valence-electron chi connectivity index (χ3n) is 27.0. The second-order valence-corrected chi connectivity index (χ2v) is 36.1. The summed E-state index contributed by atoms with van der Waals surface area (Å²) in [7, 11) is 0. The minimum atomic E-state index is -0.581. The van der Waals surface area contributed by atoms with E-state index in [0.29, 0.717) is 11.8 Å². The SMILES string of the molecule is C=CCC[C@@H](O)C[C@H]1CCC2=Cc3c(cnn3-c3ccc(F)cc3)C[C@@]21C.C=CCC[C@H](O)C[C@H]1CCC2=Cc3c(cnn3-c3ccc(F)cc3)C[C@@]21C.C[C@@]1([C@@H](O)c2csc3ccccc23)CCCc2cc3c(cnn3-c3ccc(F)cc3)cc21.C[C@@]1([C@H](O)c2csc3ccccc23)CCCc2cc3c(cnn3-c3ccc(F)cc3)cc21. The molecule has 6 aliphatic carbocycles. The van der Waals surface area contributed by atoms with E-state index in [4.69, 9.17) is 0 Å². The molecule has 6 aromatic heterocycles. The Balaban J connectivity index is 0.000000113. The van der Waals surface area contributed by atoms with Crippen molar-refractivity contribution in [1.82, 2.24) is 39.1 Å². The molecule has 0 spiro atoms. The summed E-state index contributed by atoms with van der Waals surface area (Å²) < 4.78 is 63.2. The maximum absolute atomic E-state index is 13.4. The molecule has 2 fully saturated rings. The lowest BCUT2D eigenvalue weighted by Gasteiger charge is -2.40. The van der Waals surface area contributed by atoms with Crippen molar-refractivity contribution in [3.63, 3.8) is 0 Å². The molecular weight excluding hydrogens is 1520 g/mol. The van der Waals surface area contributed by atoms with Gasteiger partial charge in [-0.15, -0.1) is 35.8 Å². The minimum absolute atomic E-state index is 0.0960. The van der Waals surface area contributed by atoms with Gasteiger partial charge in [0, 0.05) is 31.0 Å². The number of halogens is 4. The van der Waals surface area contributed by atoms with Crippen LogP contribution in [0.5, 0.6) is 0 Å². The minimum Gasteiger partial charge on any atom is -0.393 e. The molecule has 0 amide bonds. The zero-order valence-electron chi connectivity index (χ0n) is 67.2. The van der Waals surface area contributed by atoms with Crippen LogP contribution in [0.1, 0.15) is 186 Å². The van der Waals surface area contributed by atoms with Crippen molar-refractivity contribution < 1.29 is 38.0 Å². The van der Waals surface area contributed by atoms with Crippen LogP contribution < -0.4 is 0 Å². The Kier molecular flexibility index (Phi) is 22.4. The van der Waals surface area contributed by atoms with Crippen LogP contribution in [0, 0.1) is 45.9 Å². The molecule has 604 valence electrons. The van der Waals surface area contributed by atoms with Crippen LogP contribution in [0.4, 0.5) is 17.6 Å². The molecule has 0 radical (unpaired) electrons. The first-order valence-corrected chi connectivity index (χ1v) is 43.4. The predicted molar refractivity (Wildman–Crippen MR) is 468 cm³/mol. The maximum Gasteiger partial charge on any atom is 0.123 e. The Bertz CT molecular complexity index is 5720. The summed E-state index contributed by atoms with van der Waals surface area (Å²) in [5, 5.41) is 71.0. The van der Waals surface area contributed by atoms with E-state index in [1.807, 2.05) is 79.9 Å². The first kappa shape index (κ1) is 80.0. The van der Waals surface area contributed by atoms with Gasteiger partial charge in [0.1, 0.15) is 23.3 Å². The van der Waals surface area contributed by atoms with Gasteiger partial charge < -0.3 is 20.4 Å². The number of aliphatic hydroxyl groups excluding tert-OH is 4. The average molecular weight is 1620 g/mol. The Hall–Kier alpha value is -10.4. The molecule has 118 heavy (non-hydrogen) atoms. The third kappa shape index (κ3) is 15.2. The zero-order chi connectivity index (χ0) is 81.8. The van der Waals surface area contributed by atoms with E-state index in [9.17, 15) is 38.0 Å². The summed E-state index contributed by atoms with van der Waals surface area (Å²) in [6.45, 7) is 16.6. The highest BCUT2D eigenvalue weighted by molar-refractivity contribution is 7.17. The van der Waals surface area contributed by atoms with E-state index in [2.05, 4.69) is 133 Å². The van der Waals surface area contributed by atoms with Gasteiger partial charge in [-0.1, -0.05) is 87.4 Å². The van der Waals surface area contributed by atoms with Crippen molar-refractivity contribution in [2.24, 2.45) is 22.7 Å². The van der Waals surface area contributed by atoms with Crippen LogP contribution in [0.25, 0.3) is 76.9 Å². The van der Waals surface area contributed by atoms with Crippen molar-refractivity contribution in [2.45, 2.75) is 179 Å². The molecule has 0 bridgehead atoms. The number of hydrogen-bond donors (Lipinski definition) is 4. The highest BCUT2D eigenvalue weighted by Gasteiger charge is 2.48. The first-order chi connectivity index (χ1) is 57.1. The lowest BCUT2D eigenvalue weighted by Crippen LogP contribution is -2.34. The number of benzene rings is 8. The number of aliphatic hydroxyl groups is 4. The largest absolute Gasteiger partial charge is 0.393 e. The first-order valence-electron chi connectivity index (χ1n) is 41.6. The molecule has 6 heterocycles. The second-order valence-electron chi connectivity index (χ2n) is 34.3. The maximum atomic E-state index is 13.4. The summed E-state index contributed by atoms with van der Waals surface area (Å²) in [5.41, 5.74) is 19.5. The molecule has 8 aromatic carbocycles. The van der Waals surface area contributed by atoms with Gasteiger partial charge in [0.05, 0.1) is 94.4 Å². The number of aromatic nitrogens is 8. The van der Waals surface area contributed by atoms with Gasteiger partial charge in [0.25, 0.3) is 0 Å². The second kappa shape index (κ2) is 33.0. The van der Waals surface area contributed by atoms with Crippen molar-refractivity contribution in [1.29, 1.82) is 0 Å². The topological polar surface area (TPSA) is 152 Å². The molecule has 0 aliphatic heterocycles. The summed E-state index contributed by atoms with van der Waals surface area (Å²) in [5.74, 6) is -0.00271. The van der Waals surface area contributed by atoms with Crippen LogP contribution in [0.2, 0.25) is 0 Å². The molecule has 0 unspecified atom stereocenters. The fourth-order valence-corrected chi connectivity index (χ4v) is 22.2. The predicted octanol–water partition coefficient (Wildman–Crippen LogP) is 23.6. The van der Waals surface area contributed by atoms with Gasteiger partial charge in [-0.25, -0.2) is 36.3 Å². The van der Waals surface area contributed by atoms with E-state index < -0.39 is 12.2 Å². The molecule has 0 saturated heterocycles. The van der Waals surface area contributed by atoms with E-state index >= 15 is 0 Å². The number of thiophene rings is 2. The quantitative estimate of drug-likeness (QED) is 0.0490. The normalized spacial score (nSPS) is 21.9. The van der Waals surface area contributed by atoms with Crippen molar-refractivity contribution in [3.8, 4) is 22.7 Å². The highest BCUT2D eigenvalue weighted by Crippen LogP contribution is 2.58. The fourth-order valence-electron chi connectivity index (χ4n) is 20.2. The lowest BCUT2D eigenvalue weighted by atomic mass is 9.66. The van der Waals surface area contributed by atoms with Crippen molar-refractivity contribution in [2.75, 3.05) is 0 Å². The third-order valence-corrected chi connectivity index (χ3v) is 29.0. The standard InChI is InChI=1S/2C27H23FN2OS.2C23H27FN2O/c2*1-27(26(31)22-16-32-25-7-3-2-6-21(22)25)12-4-5-17-14-24-18(13-23(17)27)15-29-30(24)20-10-8-19(28)9-11-20;2*1-3-4-5-21(27)12-17-6-7-18-13-22-16(14-23(17,18)2)15-25-26(22)20-10-8-19(24)9-11-20/h2*2-3,6-11,13-16,26,31H,4-5,12H2,1H3;2*3,8-11,13,15,17,21,27H,1,4-7,12,14H2,2H3/t26-,27+;26-,27-;17-,21+,23-;17-,21-,23-/m0111/s1. The van der Waals surface area contributed by atoms with Crippen molar-refractivity contribution >= 4 is 76.8 Å². The van der Waals surface area contributed by atoms with Gasteiger partial charge in [-0.05, 0) is 350 Å². The van der Waals surface area contributed by atoms with Gasteiger partial charge in [0.15, 0.2) is 0 Å². The molecule has 10 atom stereocenters. The summed E-state index contributed by atoms with van der Waals surface area (Å²) in [6, 6.07) is 51.2. The number of rotatable bonds is 18. The molecule has 6 aliphatic rings. The van der Waals surface area contributed by atoms with Crippen LogP contribution in [0.3, 0.4) is 0 Å². The van der Waals surface area contributed by atoms with Crippen molar-refractivity contribution in [3.05, 3.63) is 321 Å². The van der Waals surface area contributed by atoms with Crippen LogP contribution in [-0.2, 0) is 36.5 Å². The van der Waals surface area contributed by atoms with Gasteiger partial charge >= 0.3 is 0 Å². The van der Waals surface area contributed by atoms with Gasteiger partial charge in [-0.2, -0.15) is 20.4 Å². The molecular formula is C100H100F4N8O4S2. The molecule has 4 N–H and O–H groups in total. The van der Waals surface area contributed by atoms with Gasteiger partial charge in [0.2, 0.25) is 0 Å². The smallest absolute Gasteiger partial charge is 0.123 e. The molecule has 2 saturated carbocycles. The van der Waals surface area contributed by atoms with E-state index in [-0.39, 0.29) is 57.1 Å². The van der Waals surface area contributed by atoms with Crippen LogP contribution >= 0.6 is 22.7 Å². The molecule has 18 heteroatoms. The highest BCUT2D eigenvalue weighted by atomic mass is 32.1. The molecule has 12 nitrogen and oxygen atoms in total. The van der Waals surface area contributed by atoms with Gasteiger partial charge in [-0.3, -0.25) is 0 Å². The summed E-state index contributed by atoms with van der Waals surface area (Å²) >= 11 is 3.38. The van der Waals surface area contributed by atoms with E-state index in [1.54, 1.807) is 71.2 Å². The molecule has 20 rings (SSSR count). The fraction of sp³-hybridized carbons (Fsp3) is 0.320. The van der Waals surface area contributed by atoms with E-state index in [1.165, 1.54) is 102 Å². The Labute approximate surface area is 694 Å². The molecule has 14 aromatic rings. The number of nitrogens with zero attached hydrogens (tertiary/aromatic N) is 8. The Morgan fingerprint density at radius 3 is 1.18 bits per heavy atom. The Morgan fingerprint density at radius 2 is 0.805 bits per heavy atom. The number of allylic oxidation sites excluding steroid dienone is 4. The number of fused-ring (bicyclic) bond motifs is 10. The number of aryl methyl sites for hydroxylation is 2. The lowest BCUT2D eigenvalue weighted by molar-refractivity contribution is 0.0798.